The average Bonchev–Trinajstić information content (AvgIpc) is 2.31. The van der Waals surface area contributed by atoms with Crippen molar-refractivity contribution >= 4 is 0 Å². The number of rotatable bonds is 4. The van der Waals surface area contributed by atoms with E-state index in [4.69, 9.17) is 0 Å². The van der Waals surface area contributed by atoms with Crippen LogP contribution in [0.5, 0.6) is 0 Å². The Labute approximate surface area is 117 Å². The van der Waals surface area contributed by atoms with Crippen molar-refractivity contribution in [2.75, 3.05) is 19.6 Å². The summed E-state index contributed by atoms with van der Waals surface area (Å²) in [5.41, 5.74) is 0.371. The van der Waals surface area contributed by atoms with Crippen molar-refractivity contribution in [3.63, 3.8) is 0 Å². The predicted octanol–water partition coefficient (Wildman–Crippen LogP) is 3.05. The van der Waals surface area contributed by atoms with Gasteiger partial charge in [0.1, 0.15) is 0 Å². The fourth-order valence-corrected chi connectivity index (χ4v) is 6.16. The maximum atomic E-state index is 10.1. The van der Waals surface area contributed by atoms with Crippen LogP contribution in [0.3, 0.4) is 0 Å². The maximum Gasteiger partial charge on any atom is 0.0897 e. The molecule has 1 N–H and O–H groups in total. The van der Waals surface area contributed by atoms with Crippen LogP contribution in [0.1, 0.15) is 58.3 Å². The number of nitrogens with zero attached hydrogens (tertiary/aromatic N) is 1. The molecule has 5 rings (SSSR count). The van der Waals surface area contributed by atoms with E-state index in [1.807, 2.05) is 0 Å². The van der Waals surface area contributed by atoms with Gasteiger partial charge in [0.2, 0.25) is 0 Å². The second kappa shape index (κ2) is 4.21. The van der Waals surface area contributed by atoms with Gasteiger partial charge in [-0.05, 0) is 81.1 Å². The Bertz CT molecular complexity index is 323. The number of likely N-dealkylation sites (tertiary alicyclic amines) is 1. The molecule has 5 fully saturated rings. The lowest BCUT2D eigenvalue weighted by molar-refractivity contribution is -0.113. The zero-order valence-corrected chi connectivity index (χ0v) is 12.4. The van der Waals surface area contributed by atoms with E-state index in [1.54, 1.807) is 19.3 Å². The summed E-state index contributed by atoms with van der Waals surface area (Å²) >= 11 is 0. The highest BCUT2D eigenvalue weighted by Gasteiger charge is 2.51. The molecule has 4 aliphatic carbocycles. The van der Waals surface area contributed by atoms with E-state index in [0.717, 1.165) is 37.3 Å². The molecule has 0 atom stereocenters. The molecule has 1 saturated heterocycles. The third-order valence-electron chi connectivity index (χ3n) is 6.82. The predicted molar refractivity (Wildman–Crippen MR) is 76.9 cm³/mol. The summed E-state index contributed by atoms with van der Waals surface area (Å²) in [5, 5.41) is 10.1. The summed E-state index contributed by atoms with van der Waals surface area (Å²) in [5.74, 6) is 3.24. The second-order valence-electron chi connectivity index (χ2n) is 8.46. The Kier molecular flexibility index (Phi) is 2.80. The van der Waals surface area contributed by atoms with E-state index in [1.165, 1.54) is 32.2 Å². The number of hydrogen-bond donors (Lipinski definition) is 1. The fourth-order valence-electron chi connectivity index (χ4n) is 6.16. The molecule has 1 aliphatic heterocycles. The van der Waals surface area contributed by atoms with Gasteiger partial charge in [0.15, 0.2) is 0 Å². The molecule has 0 spiro atoms. The first-order chi connectivity index (χ1) is 9.08. The largest absolute Gasteiger partial charge is 0.387 e. The third-order valence-corrected chi connectivity index (χ3v) is 6.82. The maximum absolute atomic E-state index is 10.1. The first-order valence-electron chi connectivity index (χ1n) is 8.53. The summed E-state index contributed by atoms with van der Waals surface area (Å²) in [7, 11) is 0. The normalized spacial score (nSPS) is 47.4. The number of hydrogen-bond acceptors (Lipinski definition) is 2. The second-order valence-corrected chi connectivity index (χ2v) is 8.46. The van der Waals surface area contributed by atoms with Crippen molar-refractivity contribution in [3.8, 4) is 0 Å². The standard InChI is InChI=1S/C17H29NO/c1-2-17(19)11-18(12-17)4-3-16-8-13-5-14(9-16)7-15(6-13)10-16/h13-15,19H,2-12H2,1H3. The van der Waals surface area contributed by atoms with Gasteiger partial charge in [-0.3, -0.25) is 4.90 Å². The summed E-state index contributed by atoms with van der Waals surface area (Å²) in [4.78, 5) is 2.49. The number of β-amino-alcohol motifs (C(OH)–C–C–N with tert-alkyl or cyclic N) is 1. The lowest BCUT2D eigenvalue weighted by Gasteiger charge is -2.58. The highest BCUT2D eigenvalue weighted by atomic mass is 16.3. The van der Waals surface area contributed by atoms with E-state index in [2.05, 4.69) is 11.8 Å². The molecule has 2 heteroatoms. The minimum absolute atomic E-state index is 0.346. The zero-order valence-electron chi connectivity index (χ0n) is 12.4. The van der Waals surface area contributed by atoms with Gasteiger partial charge in [-0.2, -0.15) is 0 Å². The Morgan fingerprint density at radius 3 is 2.00 bits per heavy atom. The monoisotopic (exact) mass is 263 g/mol. The molecule has 108 valence electrons. The SMILES string of the molecule is CCC1(O)CN(CCC23CC4CC(CC(C4)C2)C3)C1. The summed E-state index contributed by atoms with van der Waals surface area (Å²) in [6.45, 7) is 5.20. The zero-order chi connectivity index (χ0) is 13.1. The molecule has 0 aromatic carbocycles. The van der Waals surface area contributed by atoms with E-state index in [0.29, 0.717) is 5.41 Å². The van der Waals surface area contributed by atoms with Gasteiger partial charge >= 0.3 is 0 Å². The molecule has 0 aromatic rings. The van der Waals surface area contributed by atoms with Crippen molar-refractivity contribution in [3.05, 3.63) is 0 Å². The Balaban J connectivity index is 1.34. The van der Waals surface area contributed by atoms with Gasteiger partial charge in [-0.25, -0.2) is 0 Å². The van der Waals surface area contributed by atoms with Crippen LogP contribution in [-0.2, 0) is 0 Å². The molecule has 4 bridgehead atoms. The first-order valence-corrected chi connectivity index (χ1v) is 8.53. The summed E-state index contributed by atoms with van der Waals surface area (Å²) < 4.78 is 0. The van der Waals surface area contributed by atoms with Crippen molar-refractivity contribution < 1.29 is 5.11 Å². The summed E-state index contributed by atoms with van der Waals surface area (Å²) in [6, 6.07) is 0. The van der Waals surface area contributed by atoms with Gasteiger partial charge in [0.25, 0.3) is 0 Å². The van der Waals surface area contributed by atoms with Crippen molar-refractivity contribution in [2.45, 2.75) is 63.9 Å². The molecule has 0 amide bonds. The molecular formula is C17H29NO. The van der Waals surface area contributed by atoms with Crippen LogP contribution in [-0.4, -0.2) is 35.2 Å². The highest BCUT2D eigenvalue weighted by molar-refractivity contribution is 5.02. The minimum Gasteiger partial charge on any atom is -0.387 e. The van der Waals surface area contributed by atoms with Crippen LogP contribution in [0.4, 0.5) is 0 Å². The van der Waals surface area contributed by atoms with Crippen molar-refractivity contribution in [1.29, 1.82) is 0 Å². The molecule has 4 saturated carbocycles. The fraction of sp³-hybridized carbons (Fsp3) is 1.00. The van der Waals surface area contributed by atoms with Gasteiger partial charge in [-0.1, -0.05) is 6.92 Å². The first kappa shape index (κ1) is 12.6. The van der Waals surface area contributed by atoms with Crippen LogP contribution >= 0.6 is 0 Å². The lowest BCUT2D eigenvalue weighted by atomic mass is 9.49. The topological polar surface area (TPSA) is 23.5 Å². The molecule has 2 nitrogen and oxygen atoms in total. The van der Waals surface area contributed by atoms with Crippen LogP contribution in [0.25, 0.3) is 0 Å². The molecule has 19 heavy (non-hydrogen) atoms. The number of aliphatic hydroxyl groups is 1. The van der Waals surface area contributed by atoms with E-state index < -0.39 is 0 Å². The molecule has 5 aliphatic rings. The molecular weight excluding hydrogens is 234 g/mol. The quantitative estimate of drug-likeness (QED) is 0.842. The van der Waals surface area contributed by atoms with Gasteiger partial charge in [-0.15, -0.1) is 0 Å². The van der Waals surface area contributed by atoms with Crippen molar-refractivity contribution in [1.82, 2.24) is 4.90 Å². The van der Waals surface area contributed by atoms with Crippen molar-refractivity contribution in [2.24, 2.45) is 23.2 Å². The van der Waals surface area contributed by atoms with E-state index in [-0.39, 0.29) is 5.60 Å². The third kappa shape index (κ3) is 2.15. The average molecular weight is 263 g/mol. The van der Waals surface area contributed by atoms with E-state index in [9.17, 15) is 5.11 Å². The minimum atomic E-state index is -0.346. The van der Waals surface area contributed by atoms with Crippen LogP contribution in [0.15, 0.2) is 0 Å². The van der Waals surface area contributed by atoms with Crippen LogP contribution < -0.4 is 0 Å². The lowest BCUT2D eigenvalue weighted by Crippen LogP contribution is -2.62. The summed E-state index contributed by atoms with van der Waals surface area (Å²) in [6.07, 6.45) is 11.6. The molecule has 0 unspecified atom stereocenters. The van der Waals surface area contributed by atoms with Gasteiger partial charge in [0.05, 0.1) is 5.60 Å². The Morgan fingerprint density at radius 1 is 1.00 bits per heavy atom. The van der Waals surface area contributed by atoms with Crippen LogP contribution in [0, 0.1) is 23.2 Å². The van der Waals surface area contributed by atoms with E-state index >= 15 is 0 Å². The van der Waals surface area contributed by atoms with Gasteiger partial charge in [0, 0.05) is 13.1 Å². The highest BCUT2D eigenvalue weighted by Crippen LogP contribution is 2.61. The Hall–Kier alpha value is -0.0800. The molecule has 1 heterocycles. The Morgan fingerprint density at radius 2 is 1.53 bits per heavy atom. The molecule has 0 aromatic heterocycles. The smallest absolute Gasteiger partial charge is 0.0897 e. The van der Waals surface area contributed by atoms with Gasteiger partial charge < -0.3 is 5.11 Å². The molecule has 0 radical (unpaired) electrons. The van der Waals surface area contributed by atoms with Crippen LogP contribution in [0.2, 0.25) is 0 Å².